The maximum Gasteiger partial charge on any atom is 0.305 e. The molecule has 0 radical (unpaired) electrons. The molecule has 0 unspecified atom stereocenters. The van der Waals surface area contributed by atoms with Crippen LogP contribution in [0.3, 0.4) is 0 Å². The fourth-order valence-electron chi connectivity index (χ4n) is 1.67. The lowest BCUT2D eigenvalue weighted by Crippen LogP contribution is -2.07. The Hall–Kier alpha value is -1.25. The van der Waals surface area contributed by atoms with Gasteiger partial charge in [-0.1, -0.05) is 0 Å². The van der Waals surface area contributed by atoms with E-state index in [1.54, 1.807) is 0 Å². The minimum Gasteiger partial charge on any atom is -0.466 e. The molecule has 0 saturated carbocycles. The second kappa shape index (κ2) is 5.59. The number of hydrogen-bond donors (Lipinski definition) is 0. The van der Waals surface area contributed by atoms with Crippen LogP contribution in [0.15, 0.2) is 12.1 Å². The van der Waals surface area contributed by atoms with E-state index in [4.69, 9.17) is 4.74 Å². The molecule has 0 aliphatic carbocycles. The van der Waals surface area contributed by atoms with Crippen LogP contribution in [0.5, 0.6) is 0 Å². The van der Waals surface area contributed by atoms with Gasteiger partial charge in [0.1, 0.15) is 0 Å². The Morgan fingerprint density at radius 2 is 1.93 bits per heavy atom. The lowest BCUT2D eigenvalue weighted by atomic mass is 10.3. The van der Waals surface area contributed by atoms with Crippen LogP contribution in [-0.2, 0) is 16.1 Å². The van der Waals surface area contributed by atoms with Crippen molar-refractivity contribution < 1.29 is 9.53 Å². The van der Waals surface area contributed by atoms with Gasteiger partial charge >= 0.3 is 5.97 Å². The Labute approximate surface area is 91.0 Å². The van der Waals surface area contributed by atoms with Crippen molar-refractivity contribution in [3.8, 4) is 0 Å². The van der Waals surface area contributed by atoms with Crippen LogP contribution in [0.2, 0.25) is 0 Å². The van der Waals surface area contributed by atoms with Crippen molar-refractivity contribution in [2.24, 2.45) is 0 Å². The molecule has 0 saturated heterocycles. The SMILES string of the molecule is CCOC(=O)CCCn1c(C)ccc1C. The average molecular weight is 209 g/mol. The summed E-state index contributed by atoms with van der Waals surface area (Å²) in [6.45, 7) is 7.36. The molecule has 1 aromatic rings. The van der Waals surface area contributed by atoms with E-state index in [9.17, 15) is 4.79 Å². The summed E-state index contributed by atoms with van der Waals surface area (Å²) in [6, 6.07) is 4.19. The number of nitrogens with zero attached hydrogens (tertiary/aromatic N) is 1. The van der Waals surface area contributed by atoms with Crippen molar-refractivity contribution in [2.75, 3.05) is 6.61 Å². The van der Waals surface area contributed by atoms with Gasteiger partial charge in [-0.05, 0) is 39.3 Å². The highest BCUT2D eigenvalue weighted by atomic mass is 16.5. The number of carbonyl (C=O) groups excluding carboxylic acids is 1. The van der Waals surface area contributed by atoms with Crippen LogP contribution >= 0.6 is 0 Å². The first-order chi connectivity index (χ1) is 7.15. The van der Waals surface area contributed by atoms with Crippen molar-refractivity contribution in [3.63, 3.8) is 0 Å². The van der Waals surface area contributed by atoms with Gasteiger partial charge in [0.25, 0.3) is 0 Å². The molecule has 84 valence electrons. The van der Waals surface area contributed by atoms with Gasteiger partial charge in [0.15, 0.2) is 0 Å². The molecule has 3 nitrogen and oxygen atoms in total. The summed E-state index contributed by atoms with van der Waals surface area (Å²) in [7, 11) is 0. The van der Waals surface area contributed by atoms with E-state index < -0.39 is 0 Å². The van der Waals surface area contributed by atoms with Crippen LogP contribution in [0.25, 0.3) is 0 Å². The number of hydrogen-bond acceptors (Lipinski definition) is 2. The molecule has 0 fully saturated rings. The summed E-state index contributed by atoms with van der Waals surface area (Å²) >= 11 is 0. The van der Waals surface area contributed by atoms with Crippen molar-refractivity contribution in [1.29, 1.82) is 0 Å². The van der Waals surface area contributed by atoms with Gasteiger partial charge < -0.3 is 9.30 Å². The minimum atomic E-state index is -0.0973. The van der Waals surface area contributed by atoms with E-state index in [1.165, 1.54) is 11.4 Å². The number of rotatable bonds is 5. The standard InChI is InChI=1S/C12H19NO2/c1-4-15-12(14)6-5-9-13-10(2)7-8-11(13)3/h7-8H,4-6,9H2,1-3H3. The van der Waals surface area contributed by atoms with Crippen molar-refractivity contribution in [1.82, 2.24) is 4.57 Å². The van der Waals surface area contributed by atoms with Crippen LogP contribution in [0.4, 0.5) is 0 Å². The summed E-state index contributed by atoms with van der Waals surface area (Å²) in [5.74, 6) is -0.0973. The summed E-state index contributed by atoms with van der Waals surface area (Å²) in [5.41, 5.74) is 2.49. The van der Waals surface area contributed by atoms with Gasteiger partial charge in [-0.3, -0.25) is 4.79 Å². The quantitative estimate of drug-likeness (QED) is 0.697. The predicted octanol–water partition coefficient (Wildman–Crippen LogP) is 2.45. The average Bonchev–Trinajstić information content (AvgIpc) is 2.49. The summed E-state index contributed by atoms with van der Waals surface area (Å²) in [6.07, 6.45) is 1.35. The highest BCUT2D eigenvalue weighted by Crippen LogP contribution is 2.08. The fourth-order valence-corrected chi connectivity index (χ4v) is 1.67. The van der Waals surface area contributed by atoms with E-state index >= 15 is 0 Å². The molecule has 0 aromatic carbocycles. The van der Waals surface area contributed by atoms with E-state index in [1.807, 2.05) is 6.92 Å². The molecule has 3 heteroatoms. The zero-order chi connectivity index (χ0) is 11.3. The molecule has 0 N–H and O–H groups in total. The second-order valence-corrected chi connectivity index (χ2v) is 3.68. The Balaban J connectivity index is 2.35. The number of aryl methyl sites for hydroxylation is 2. The van der Waals surface area contributed by atoms with E-state index in [-0.39, 0.29) is 5.97 Å². The van der Waals surface area contributed by atoms with Crippen molar-refractivity contribution in [2.45, 2.75) is 40.2 Å². The summed E-state index contributed by atoms with van der Waals surface area (Å²) in [4.78, 5) is 11.1. The van der Waals surface area contributed by atoms with Crippen LogP contribution < -0.4 is 0 Å². The molecule has 1 aromatic heterocycles. The Bertz CT molecular complexity index is 309. The Morgan fingerprint density at radius 1 is 1.33 bits per heavy atom. The van der Waals surface area contributed by atoms with Gasteiger partial charge in [-0.2, -0.15) is 0 Å². The number of aromatic nitrogens is 1. The third kappa shape index (κ3) is 3.42. The second-order valence-electron chi connectivity index (χ2n) is 3.68. The molecule has 0 atom stereocenters. The largest absolute Gasteiger partial charge is 0.466 e. The summed E-state index contributed by atoms with van der Waals surface area (Å²) in [5, 5.41) is 0. The highest BCUT2D eigenvalue weighted by Gasteiger charge is 2.04. The number of ether oxygens (including phenoxy) is 1. The van der Waals surface area contributed by atoms with Gasteiger partial charge in [0.2, 0.25) is 0 Å². The molecular formula is C12H19NO2. The predicted molar refractivity (Wildman–Crippen MR) is 59.8 cm³/mol. The topological polar surface area (TPSA) is 31.2 Å². The molecule has 1 rings (SSSR count). The first kappa shape index (κ1) is 11.8. The number of esters is 1. The molecule has 0 aliphatic rings. The van der Waals surface area contributed by atoms with Gasteiger partial charge in [-0.25, -0.2) is 0 Å². The minimum absolute atomic E-state index is 0.0973. The molecule has 0 spiro atoms. The van der Waals surface area contributed by atoms with E-state index in [2.05, 4.69) is 30.5 Å². The molecule has 1 heterocycles. The Kier molecular flexibility index (Phi) is 4.40. The molecule has 15 heavy (non-hydrogen) atoms. The smallest absolute Gasteiger partial charge is 0.305 e. The van der Waals surface area contributed by atoms with Gasteiger partial charge in [-0.15, -0.1) is 0 Å². The maximum atomic E-state index is 11.1. The van der Waals surface area contributed by atoms with Gasteiger partial charge in [0.05, 0.1) is 6.61 Å². The fraction of sp³-hybridized carbons (Fsp3) is 0.583. The normalized spacial score (nSPS) is 10.3. The first-order valence-corrected chi connectivity index (χ1v) is 5.43. The van der Waals surface area contributed by atoms with Crippen molar-refractivity contribution in [3.05, 3.63) is 23.5 Å². The molecule has 0 bridgehead atoms. The molecule has 0 amide bonds. The lowest BCUT2D eigenvalue weighted by molar-refractivity contribution is -0.143. The monoisotopic (exact) mass is 209 g/mol. The zero-order valence-electron chi connectivity index (χ0n) is 9.75. The molecule has 0 aliphatic heterocycles. The van der Waals surface area contributed by atoms with Crippen molar-refractivity contribution >= 4 is 5.97 Å². The third-order valence-electron chi connectivity index (χ3n) is 2.49. The zero-order valence-corrected chi connectivity index (χ0v) is 9.75. The summed E-state index contributed by atoms with van der Waals surface area (Å²) < 4.78 is 7.10. The first-order valence-electron chi connectivity index (χ1n) is 5.43. The van der Waals surface area contributed by atoms with E-state index in [0.717, 1.165) is 13.0 Å². The van der Waals surface area contributed by atoms with Crippen LogP contribution in [0, 0.1) is 13.8 Å². The van der Waals surface area contributed by atoms with Crippen LogP contribution in [-0.4, -0.2) is 17.1 Å². The number of carbonyl (C=O) groups is 1. The third-order valence-corrected chi connectivity index (χ3v) is 2.49. The molecular weight excluding hydrogens is 190 g/mol. The maximum absolute atomic E-state index is 11.1. The highest BCUT2D eigenvalue weighted by molar-refractivity contribution is 5.69. The van der Waals surface area contributed by atoms with E-state index in [0.29, 0.717) is 13.0 Å². The van der Waals surface area contributed by atoms with Crippen LogP contribution in [0.1, 0.15) is 31.2 Å². The Morgan fingerprint density at radius 3 is 2.47 bits per heavy atom. The lowest BCUT2D eigenvalue weighted by Gasteiger charge is -2.08. The van der Waals surface area contributed by atoms with Gasteiger partial charge in [0, 0.05) is 24.4 Å².